The van der Waals surface area contributed by atoms with Gasteiger partial charge >= 0.3 is 5.97 Å². The van der Waals surface area contributed by atoms with E-state index in [1.165, 1.54) is 23.9 Å². The van der Waals surface area contributed by atoms with Crippen molar-refractivity contribution in [1.29, 1.82) is 0 Å². The summed E-state index contributed by atoms with van der Waals surface area (Å²) in [6.07, 6.45) is 0. The summed E-state index contributed by atoms with van der Waals surface area (Å²) in [5.74, 6) is -4.72. The quantitative estimate of drug-likeness (QED) is 0.189. The summed E-state index contributed by atoms with van der Waals surface area (Å²) in [5, 5.41) is 10.9. The molecule has 40 heavy (non-hydrogen) atoms. The van der Waals surface area contributed by atoms with Crippen LogP contribution >= 0.6 is 0 Å². The molecule has 0 bridgehead atoms. The van der Waals surface area contributed by atoms with Crippen LogP contribution in [0.15, 0.2) is 77.6 Å². The highest BCUT2D eigenvalue weighted by Gasteiger charge is 2.45. The Labute approximate surface area is 228 Å². The van der Waals surface area contributed by atoms with Crippen molar-refractivity contribution in [2.45, 2.75) is 12.8 Å². The molecule has 204 valence electrons. The molecule has 3 aromatic carbocycles. The molecule has 0 spiro atoms. The van der Waals surface area contributed by atoms with Crippen LogP contribution in [0, 0.1) is 12.8 Å². The van der Waals surface area contributed by atoms with Gasteiger partial charge in [-0.3, -0.25) is 19.1 Å². The second-order valence-electron chi connectivity index (χ2n) is 9.28. The van der Waals surface area contributed by atoms with Crippen LogP contribution in [-0.2, 0) is 16.6 Å². The summed E-state index contributed by atoms with van der Waals surface area (Å²) in [6, 6.07) is 20.0. The average Bonchev–Trinajstić information content (AvgIpc) is 3.17. The first kappa shape index (κ1) is 26.5. The first-order valence-electron chi connectivity index (χ1n) is 12.4. The van der Waals surface area contributed by atoms with E-state index >= 15 is 0 Å². The smallest absolute Gasteiger partial charge is 0.323 e. The van der Waals surface area contributed by atoms with E-state index in [9.17, 15) is 24.3 Å². The summed E-state index contributed by atoms with van der Waals surface area (Å²) >= 11 is 0. The standard InChI is InChI=1S/C30H26N2O8/c1-17-25(29(36)32(31(17)2)19-9-5-4-6-10-19)26(18-13-14-22(23(15-18)38-3)39-16-24(33)34)27-28(35)20-11-7-8-12-21(20)40-30(27)37/h4-15,26-27H,16H2,1-3H3,(H,33,34)/p-1. The number of nitrogens with zero attached hydrogens (tertiary/aromatic N) is 2. The minimum absolute atomic E-state index is 0.114. The number of rotatable bonds is 8. The predicted molar refractivity (Wildman–Crippen MR) is 141 cm³/mol. The van der Waals surface area contributed by atoms with Gasteiger partial charge in [-0.1, -0.05) is 36.4 Å². The zero-order valence-corrected chi connectivity index (χ0v) is 22.0. The zero-order valence-electron chi connectivity index (χ0n) is 22.0. The Balaban J connectivity index is 1.73. The van der Waals surface area contributed by atoms with Crippen molar-refractivity contribution in [3.63, 3.8) is 0 Å². The molecule has 5 rings (SSSR count). The second kappa shape index (κ2) is 10.6. The summed E-state index contributed by atoms with van der Waals surface area (Å²) in [4.78, 5) is 52.3. The predicted octanol–water partition coefficient (Wildman–Crippen LogP) is 2.17. The molecule has 2 unspecified atom stereocenters. The molecular formula is C30H25N2O8-. The summed E-state index contributed by atoms with van der Waals surface area (Å²) in [5.41, 5.74) is 1.59. The molecule has 0 saturated heterocycles. The van der Waals surface area contributed by atoms with Crippen molar-refractivity contribution < 1.29 is 33.7 Å². The Morgan fingerprint density at radius 1 is 1.00 bits per heavy atom. The van der Waals surface area contributed by atoms with Gasteiger partial charge in [0.15, 0.2) is 17.3 Å². The second-order valence-corrected chi connectivity index (χ2v) is 9.28. The van der Waals surface area contributed by atoms with Crippen LogP contribution < -0.4 is 24.9 Å². The van der Waals surface area contributed by atoms with Gasteiger partial charge in [0.05, 0.1) is 24.3 Å². The number of carboxylic acids is 1. The van der Waals surface area contributed by atoms with Crippen LogP contribution in [-0.4, -0.2) is 40.8 Å². The van der Waals surface area contributed by atoms with E-state index in [1.54, 1.807) is 73.3 Å². The first-order chi connectivity index (χ1) is 19.2. The zero-order chi connectivity index (χ0) is 28.6. The lowest BCUT2D eigenvalue weighted by Gasteiger charge is -2.29. The lowest BCUT2D eigenvalue weighted by Crippen LogP contribution is -2.39. The fourth-order valence-electron chi connectivity index (χ4n) is 5.10. The van der Waals surface area contributed by atoms with Crippen molar-refractivity contribution in [1.82, 2.24) is 9.36 Å². The van der Waals surface area contributed by atoms with Gasteiger partial charge in [-0.25, -0.2) is 4.68 Å². The number of methoxy groups -OCH3 is 1. The third kappa shape index (κ3) is 4.53. The number of carbonyl (C=O) groups is 3. The van der Waals surface area contributed by atoms with Crippen LogP contribution in [0.4, 0.5) is 0 Å². The number of aromatic nitrogens is 2. The summed E-state index contributed by atoms with van der Waals surface area (Å²) < 4.78 is 19.4. The molecule has 0 radical (unpaired) electrons. The summed E-state index contributed by atoms with van der Waals surface area (Å²) in [7, 11) is 3.09. The number of benzene rings is 3. The largest absolute Gasteiger partial charge is 0.546 e. The molecule has 1 aliphatic heterocycles. The molecule has 1 aliphatic rings. The number of Topliss-reactive ketones (excluding diaryl/α,β-unsaturated/α-hetero) is 1. The Morgan fingerprint density at radius 2 is 1.70 bits per heavy atom. The fourth-order valence-corrected chi connectivity index (χ4v) is 5.10. The van der Waals surface area contributed by atoms with E-state index in [2.05, 4.69) is 0 Å². The van der Waals surface area contributed by atoms with E-state index in [-0.39, 0.29) is 28.4 Å². The highest BCUT2D eigenvalue weighted by Crippen LogP contribution is 2.42. The monoisotopic (exact) mass is 541 g/mol. The normalized spacial score (nSPS) is 15.2. The maximum Gasteiger partial charge on any atom is 0.323 e. The molecule has 10 nitrogen and oxygen atoms in total. The van der Waals surface area contributed by atoms with Crippen molar-refractivity contribution in [3.8, 4) is 22.9 Å². The molecule has 2 atom stereocenters. The third-order valence-corrected chi connectivity index (χ3v) is 7.03. The first-order valence-corrected chi connectivity index (χ1v) is 12.4. The van der Waals surface area contributed by atoms with Gasteiger partial charge in [0, 0.05) is 24.2 Å². The highest BCUT2D eigenvalue weighted by atomic mass is 16.5. The number of carbonyl (C=O) groups excluding carboxylic acids is 3. The van der Waals surface area contributed by atoms with Crippen molar-refractivity contribution in [3.05, 3.63) is 106 Å². The molecule has 2 heterocycles. The maximum atomic E-state index is 14.1. The molecule has 0 N–H and O–H groups in total. The van der Waals surface area contributed by atoms with Crippen molar-refractivity contribution in [2.75, 3.05) is 13.7 Å². The fraction of sp³-hybridized carbons (Fsp3) is 0.200. The topological polar surface area (TPSA) is 129 Å². The molecule has 0 saturated carbocycles. The van der Waals surface area contributed by atoms with Crippen LogP contribution in [0.25, 0.3) is 5.69 Å². The minimum Gasteiger partial charge on any atom is -0.546 e. The number of fused-ring (bicyclic) bond motifs is 1. The number of ketones is 1. The number of hydrogen-bond acceptors (Lipinski definition) is 8. The Hall–Kier alpha value is -5.12. The van der Waals surface area contributed by atoms with Gasteiger partial charge < -0.3 is 24.1 Å². The molecular weight excluding hydrogens is 516 g/mol. The molecule has 0 amide bonds. The number of ether oxygens (including phenoxy) is 3. The lowest BCUT2D eigenvalue weighted by molar-refractivity contribution is -0.307. The van der Waals surface area contributed by atoms with Gasteiger partial charge in [0.2, 0.25) is 0 Å². The minimum atomic E-state index is -1.42. The Morgan fingerprint density at radius 3 is 2.40 bits per heavy atom. The molecule has 0 aliphatic carbocycles. The van der Waals surface area contributed by atoms with E-state index in [1.807, 2.05) is 6.07 Å². The number of carboxylic acid groups (broad SMARTS) is 1. The van der Waals surface area contributed by atoms with E-state index in [4.69, 9.17) is 14.2 Å². The SMILES string of the molecule is COc1cc(C(c2c(C)n(C)n(-c3ccccc3)c2=O)C2C(=O)Oc3ccccc3C2=O)ccc1OCC(=O)[O-]. The van der Waals surface area contributed by atoms with Crippen LogP contribution in [0.2, 0.25) is 0 Å². The molecule has 0 fully saturated rings. The van der Waals surface area contributed by atoms with Crippen LogP contribution in [0.1, 0.15) is 33.1 Å². The number of para-hydroxylation sites is 2. The van der Waals surface area contributed by atoms with Gasteiger partial charge in [0.25, 0.3) is 5.56 Å². The van der Waals surface area contributed by atoms with Crippen LogP contribution in [0.3, 0.4) is 0 Å². The number of esters is 1. The molecule has 10 heteroatoms. The maximum absolute atomic E-state index is 14.1. The number of aliphatic carboxylic acids is 1. The molecule has 4 aromatic rings. The van der Waals surface area contributed by atoms with Gasteiger partial charge in [-0.2, -0.15) is 0 Å². The van der Waals surface area contributed by atoms with E-state index in [0.717, 1.165) is 0 Å². The Bertz CT molecular complexity index is 1690. The van der Waals surface area contributed by atoms with E-state index in [0.29, 0.717) is 16.9 Å². The third-order valence-electron chi connectivity index (χ3n) is 7.03. The average molecular weight is 542 g/mol. The molecule has 1 aromatic heterocycles. The van der Waals surface area contributed by atoms with E-state index < -0.39 is 41.7 Å². The van der Waals surface area contributed by atoms with Gasteiger partial charge in [0.1, 0.15) is 18.3 Å². The Kier molecular flexibility index (Phi) is 7.00. The summed E-state index contributed by atoms with van der Waals surface area (Å²) in [6.45, 7) is 1.03. The number of hydrogen-bond donors (Lipinski definition) is 0. The van der Waals surface area contributed by atoms with Gasteiger partial charge in [-0.15, -0.1) is 0 Å². The van der Waals surface area contributed by atoms with Crippen molar-refractivity contribution in [2.24, 2.45) is 13.0 Å². The van der Waals surface area contributed by atoms with Gasteiger partial charge in [-0.05, 0) is 48.9 Å². The highest BCUT2D eigenvalue weighted by molar-refractivity contribution is 6.14. The van der Waals surface area contributed by atoms with Crippen LogP contribution in [0.5, 0.6) is 17.2 Å². The lowest BCUT2D eigenvalue weighted by atomic mass is 9.76. The van der Waals surface area contributed by atoms with Crippen molar-refractivity contribution >= 4 is 17.7 Å².